The van der Waals surface area contributed by atoms with Crippen molar-refractivity contribution < 1.29 is 13.9 Å². The predicted molar refractivity (Wildman–Crippen MR) is 123 cm³/mol. The molecule has 1 fully saturated rings. The van der Waals surface area contributed by atoms with Crippen LogP contribution in [-0.2, 0) is 5.75 Å². The molecule has 1 atom stereocenters. The van der Waals surface area contributed by atoms with Gasteiger partial charge < -0.3 is 23.7 Å². The number of methoxy groups -OCH3 is 2. The number of rotatable bonds is 8. The lowest BCUT2D eigenvalue weighted by Gasteiger charge is -2.21. The Morgan fingerprint density at radius 3 is 2.52 bits per heavy atom. The van der Waals surface area contributed by atoms with Crippen LogP contribution in [0, 0.1) is 0 Å². The third-order valence-electron chi connectivity index (χ3n) is 5.56. The molecule has 7 nitrogen and oxygen atoms in total. The molecule has 2 aromatic carbocycles. The molecule has 1 aliphatic heterocycles. The van der Waals surface area contributed by atoms with E-state index in [-0.39, 0.29) is 0 Å². The Bertz CT molecular complexity index is 1010. The summed E-state index contributed by atoms with van der Waals surface area (Å²) < 4.78 is 16.5. The molecule has 8 heteroatoms. The van der Waals surface area contributed by atoms with Gasteiger partial charge in [-0.2, -0.15) is 0 Å². The Balaban J connectivity index is 1.38. The highest BCUT2D eigenvalue weighted by molar-refractivity contribution is 7.98. The fourth-order valence-corrected chi connectivity index (χ4v) is 4.45. The van der Waals surface area contributed by atoms with Crippen LogP contribution in [0.1, 0.15) is 12.3 Å². The van der Waals surface area contributed by atoms with Crippen molar-refractivity contribution in [3.8, 4) is 23.0 Å². The quantitative estimate of drug-likeness (QED) is 0.483. The van der Waals surface area contributed by atoms with Crippen LogP contribution in [0.5, 0.6) is 11.5 Å². The third-order valence-corrected chi connectivity index (χ3v) is 6.54. The van der Waals surface area contributed by atoms with Crippen LogP contribution in [0.3, 0.4) is 0 Å². The molecule has 2 heterocycles. The molecule has 0 bridgehead atoms. The molecule has 0 saturated carbocycles. The van der Waals surface area contributed by atoms with Gasteiger partial charge in [0.05, 0.1) is 20.0 Å². The highest BCUT2D eigenvalue weighted by Crippen LogP contribution is 2.33. The van der Waals surface area contributed by atoms with E-state index < -0.39 is 0 Å². The zero-order chi connectivity index (χ0) is 21.8. The summed E-state index contributed by atoms with van der Waals surface area (Å²) in [5, 5.41) is 8.43. The first kappa shape index (κ1) is 21.5. The normalized spacial score (nSPS) is 16.2. The molecular weight excluding hydrogens is 412 g/mol. The number of aromatic nitrogens is 2. The molecule has 31 heavy (non-hydrogen) atoms. The SMILES string of the molecule is COc1ccc(SCc2nnc(-c3ccc(N4CCC(N(C)C)C4)cc3)o2)cc1OC. The van der Waals surface area contributed by atoms with Gasteiger partial charge in [-0.1, -0.05) is 0 Å². The van der Waals surface area contributed by atoms with E-state index in [9.17, 15) is 0 Å². The molecule has 1 aromatic heterocycles. The molecule has 1 aliphatic rings. The molecule has 0 spiro atoms. The second-order valence-corrected chi connectivity index (χ2v) is 8.75. The van der Waals surface area contributed by atoms with E-state index in [0.29, 0.717) is 35.1 Å². The highest BCUT2D eigenvalue weighted by Gasteiger charge is 2.24. The fraction of sp³-hybridized carbons (Fsp3) is 0.391. The van der Waals surface area contributed by atoms with Gasteiger partial charge in [-0.15, -0.1) is 22.0 Å². The molecule has 0 amide bonds. The number of benzene rings is 2. The van der Waals surface area contributed by atoms with Gasteiger partial charge in [-0.05, 0) is 63.0 Å². The van der Waals surface area contributed by atoms with Crippen molar-refractivity contribution >= 4 is 17.4 Å². The topological polar surface area (TPSA) is 63.9 Å². The number of thioether (sulfide) groups is 1. The van der Waals surface area contributed by atoms with Gasteiger partial charge in [-0.3, -0.25) is 0 Å². The largest absolute Gasteiger partial charge is 0.493 e. The second kappa shape index (κ2) is 9.62. The van der Waals surface area contributed by atoms with Crippen LogP contribution in [0.15, 0.2) is 51.8 Å². The summed E-state index contributed by atoms with van der Waals surface area (Å²) in [4.78, 5) is 5.77. The minimum absolute atomic E-state index is 0.544. The van der Waals surface area contributed by atoms with E-state index in [0.717, 1.165) is 23.5 Å². The molecule has 0 N–H and O–H groups in total. The Hall–Kier alpha value is -2.71. The Labute approximate surface area is 187 Å². The maximum atomic E-state index is 5.89. The Morgan fingerprint density at radius 2 is 1.84 bits per heavy atom. The van der Waals surface area contributed by atoms with Gasteiger partial charge >= 0.3 is 0 Å². The van der Waals surface area contributed by atoms with Crippen molar-refractivity contribution in [3.63, 3.8) is 0 Å². The third kappa shape index (κ3) is 4.97. The Kier molecular flexibility index (Phi) is 6.67. The molecule has 4 rings (SSSR count). The predicted octanol–water partition coefficient (Wildman–Crippen LogP) is 4.19. The number of hydrogen-bond acceptors (Lipinski definition) is 8. The zero-order valence-electron chi connectivity index (χ0n) is 18.4. The number of likely N-dealkylation sites (N-methyl/N-ethyl adjacent to an activating group) is 1. The van der Waals surface area contributed by atoms with E-state index in [1.54, 1.807) is 26.0 Å². The lowest BCUT2D eigenvalue weighted by molar-refractivity contribution is 0.315. The van der Waals surface area contributed by atoms with Gasteiger partial charge in [0.2, 0.25) is 11.8 Å². The number of nitrogens with zero attached hydrogens (tertiary/aromatic N) is 4. The number of hydrogen-bond donors (Lipinski definition) is 0. The van der Waals surface area contributed by atoms with Crippen LogP contribution in [0.25, 0.3) is 11.5 Å². The average molecular weight is 441 g/mol. The fourth-order valence-electron chi connectivity index (χ4n) is 3.69. The standard InChI is InChI=1S/C23H28N4O3S/c1-26(2)18-11-12-27(14-18)17-7-5-16(6-8-17)23-25-24-22(30-23)15-31-19-9-10-20(28-3)21(13-19)29-4/h5-10,13,18H,11-12,14-15H2,1-4H3. The van der Waals surface area contributed by atoms with E-state index in [1.165, 1.54) is 12.1 Å². The van der Waals surface area contributed by atoms with Crippen molar-refractivity contribution in [1.82, 2.24) is 15.1 Å². The highest BCUT2D eigenvalue weighted by atomic mass is 32.2. The Morgan fingerprint density at radius 1 is 1.06 bits per heavy atom. The van der Waals surface area contributed by atoms with Crippen LogP contribution in [-0.4, -0.2) is 62.5 Å². The minimum atomic E-state index is 0.544. The van der Waals surface area contributed by atoms with Crippen LogP contribution in [0.4, 0.5) is 5.69 Å². The minimum Gasteiger partial charge on any atom is -0.493 e. The molecule has 164 valence electrons. The van der Waals surface area contributed by atoms with Gasteiger partial charge in [0.1, 0.15) is 0 Å². The van der Waals surface area contributed by atoms with E-state index in [2.05, 4.69) is 58.4 Å². The molecule has 3 aromatic rings. The van der Waals surface area contributed by atoms with Gasteiger partial charge in [-0.25, -0.2) is 0 Å². The lowest BCUT2D eigenvalue weighted by atomic mass is 10.2. The molecular formula is C23H28N4O3S. The van der Waals surface area contributed by atoms with Crippen LogP contribution in [0.2, 0.25) is 0 Å². The summed E-state index contributed by atoms with van der Waals surface area (Å²) in [7, 11) is 7.55. The number of anilines is 1. The first-order chi connectivity index (χ1) is 15.1. The monoisotopic (exact) mass is 440 g/mol. The summed E-state index contributed by atoms with van der Waals surface area (Å²) in [6.45, 7) is 2.14. The summed E-state index contributed by atoms with van der Waals surface area (Å²) >= 11 is 1.61. The second-order valence-electron chi connectivity index (χ2n) is 7.71. The van der Waals surface area contributed by atoms with E-state index >= 15 is 0 Å². The number of ether oxygens (including phenoxy) is 2. The van der Waals surface area contributed by atoms with Gasteiger partial charge in [0.15, 0.2) is 11.5 Å². The molecule has 0 radical (unpaired) electrons. The van der Waals surface area contributed by atoms with Crippen LogP contribution >= 0.6 is 11.8 Å². The van der Waals surface area contributed by atoms with Gasteiger partial charge in [0.25, 0.3) is 0 Å². The van der Waals surface area contributed by atoms with Gasteiger partial charge in [0, 0.05) is 35.3 Å². The summed E-state index contributed by atoms with van der Waals surface area (Å²) in [5.41, 5.74) is 2.17. The summed E-state index contributed by atoms with van der Waals surface area (Å²) in [6.07, 6.45) is 1.19. The van der Waals surface area contributed by atoms with Crippen molar-refractivity contribution in [3.05, 3.63) is 48.4 Å². The first-order valence-corrected chi connectivity index (χ1v) is 11.2. The van der Waals surface area contributed by atoms with Crippen molar-refractivity contribution in [2.45, 2.75) is 23.1 Å². The van der Waals surface area contributed by atoms with Crippen molar-refractivity contribution in [1.29, 1.82) is 0 Å². The molecule has 1 saturated heterocycles. The maximum Gasteiger partial charge on any atom is 0.247 e. The summed E-state index contributed by atoms with van der Waals surface area (Å²) in [6, 6.07) is 14.8. The smallest absolute Gasteiger partial charge is 0.247 e. The van der Waals surface area contributed by atoms with Crippen molar-refractivity contribution in [2.24, 2.45) is 0 Å². The van der Waals surface area contributed by atoms with Crippen molar-refractivity contribution in [2.75, 3.05) is 46.3 Å². The maximum absolute atomic E-state index is 5.89. The van der Waals surface area contributed by atoms with Crippen LogP contribution < -0.4 is 14.4 Å². The zero-order valence-corrected chi connectivity index (χ0v) is 19.2. The lowest BCUT2D eigenvalue weighted by Crippen LogP contribution is -2.31. The molecule has 0 aliphatic carbocycles. The average Bonchev–Trinajstić information content (AvgIpc) is 3.48. The first-order valence-electron chi connectivity index (χ1n) is 10.3. The summed E-state index contributed by atoms with van der Waals surface area (Å²) in [5.74, 6) is 3.13. The van der Waals surface area contributed by atoms with E-state index in [1.807, 2.05) is 18.2 Å². The molecule has 1 unspecified atom stereocenters. The van der Waals surface area contributed by atoms with E-state index in [4.69, 9.17) is 13.9 Å².